The van der Waals surface area contributed by atoms with Gasteiger partial charge in [-0.15, -0.1) is 0 Å². The Morgan fingerprint density at radius 1 is 0.939 bits per heavy atom. The van der Waals surface area contributed by atoms with Gasteiger partial charge in [0.25, 0.3) is 0 Å². The van der Waals surface area contributed by atoms with E-state index in [-0.39, 0.29) is 11.9 Å². The van der Waals surface area contributed by atoms with Crippen molar-refractivity contribution >= 4 is 24.0 Å². The number of aliphatic carboxylic acids is 1. The van der Waals surface area contributed by atoms with E-state index in [1.165, 1.54) is 0 Å². The number of rotatable bonds is 9. The van der Waals surface area contributed by atoms with Gasteiger partial charge in [-0.25, -0.2) is 4.79 Å². The van der Waals surface area contributed by atoms with E-state index in [0.29, 0.717) is 25.2 Å². The zero-order chi connectivity index (χ0) is 26.2. The van der Waals surface area contributed by atoms with Gasteiger partial charge in [0.15, 0.2) is 0 Å². The second-order valence-electron chi connectivity index (χ2n) is 8.80. The summed E-state index contributed by atoms with van der Waals surface area (Å²) in [5.74, 6) is -1.18. The lowest BCUT2D eigenvalue weighted by atomic mass is 9.91. The molecule has 0 aliphatic carbocycles. The predicted octanol–water partition coefficient (Wildman–Crippen LogP) is 6.44. The summed E-state index contributed by atoms with van der Waals surface area (Å²) < 4.78 is 9.86. The quantitative estimate of drug-likeness (QED) is 0.335. The predicted molar refractivity (Wildman–Crippen MR) is 134 cm³/mol. The summed E-state index contributed by atoms with van der Waals surface area (Å²) in [6.07, 6.45) is 3.25. The monoisotopic (exact) mass is 462 g/mol. The molecule has 0 saturated heterocycles. The topological polar surface area (TPSA) is 89.9 Å². The summed E-state index contributed by atoms with van der Waals surface area (Å²) in [6.45, 7) is 22.3. The summed E-state index contributed by atoms with van der Waals surface area (Å²) in [7, 11) is 0. The Bertz CT molecular complexity index is 772. The lowest BCUT2D eigenvalue weighted by Crippen LogP contribution is -2.25. The van der Waals surface area contributed by atoms with Crippen molar-refractivity contribution in [1.29, 1.82) is 0 Å². The van der Waals surface area contributed by atoms with E-state index >= 15 is 0 Å². The highest BCUT2D eigenvalue weighted by atomic mass is 16.5. The van der Waals surface area contributed by atoms with Crippen LogP contribution in [0.3, 0.4) is 0 Å². The van der Waals surface area contributed by atoms with Gasteiger partial charge in [-0.2, -0.15) is 0 Å². The van der Waals surface area contributed by atoms with Gasteiger partial charge in [0, 0.05) is 5.57 Å². The molecule has 0 aliphatic heterocycles. The number of hydrogen-bond donors (Lipinski definition) is 1. The second kappa shape index (κ2) is 15.8. The summed E-state index contributed by atoms with van der Waals surface area (Å²) >= 11 is 0. The average molecular weight is 463 g/mol. The summed E-state index contributed by atoms with van der Waals surface area (Å²) in [6, 6.07) is 7.81. The molecule has 0 atom stereocenters. The maximum absolute atomic E-state index is 11.8. The van der Waals surface area contributed by atoms with Crippen molar-refractivity contribution in [2.75, 3.05) is 6.61 Å². The molecule has 0 spiro atoms. The van der Waals surface area contributed by atoms with E-state index in [9.17, 15) is 14.4 Å². The fourth-order valence-corrected chi connectivity index (χ4v) is 1.64. The zero-order valence-electron chi connectivity index (χ0n) is 21.6. The lowest BCUT2D eigenvalue weighted by Gasteiger charge is -2.20. The van der Waals surface area contributed by atoms with Gasteiger partial charge in [-0.1, -0.05) is 57.3 Å². The van der Waals surface area contributed by atoms with Crippen molar-refractivity contribution in [1.82, 2.24) is 0 Å². The third-order valence-corrected chi connectivity index (χ3v) is 5.11. The van der Waals surface area contributed by atoms with Crippen LogP contribution in [0.2, 0.25) is 0 Å². The number of carbonyl (C=O) groups excluding carboxylic acids is 2. The first-order valence-corrected chi connectivity index (χ1v) is 11.1. The number of ether oxygens (including phenoxy) is 2. The number of carboxylic acids is 1. The first-order chi connectivity index (χ1) is 15.2. The van der Waals surface area contributed by atoms with Gasteiger partial charge in [-0.05, 0) is 65.5 Å². The van der Waals surface area contributed by atoms with Crippen LogP contribution in [-0.2, 0) is 30.5 Å². The molecule has 1 rings (SSSR count). The van der Waals surface area contributed by atoms with Gasteiger partial charge >= 0.3 is 17.9 Å². The highest BCUT2D eigenvalue weighted by molar-refractivity contribution is 5.86. The summed E-state index contributed by atoms with van der Waals surface area (Å²) in [4.78, 5) is 32.4. The molecule has 0 amide bonds. The highest BCUT2D eigenvalue weighted by Crippen LogP contribution is 2.22. The molecule has 33 heavy (non-hydrogen) atoms. The van der Waals surface area contributed by atoms with Crippen LogP contribution in [0.4, 0.5) is 0 Å². The number of carbonyl (C=O) groups is 3. The number of carboxylic acid groups (broad SMARTS) is 1. The molecule has 0 radical (unpaired) electrons. The molecule has 186 valence electrons. The first kappa shape index (κ1) is 32.3. The fourth-order valence-electron chi connectivity index (χ4n) is 1.64. The van der Waals surface area contributed by atoms with Gasteiger partial charge in [0.1, 0.15) is 6.61 Å². The normalized spacial score (nSPS) is 10.4. The smallest absolute Gasteiger partial charge is 0.333 e. The second-order valence-corrected chi connectivity index (χ2v) is 8.80. The molecule has 1 aromatic carbocycles. The highest BCUT2D eigenvalue weighted by Gasteiger charge is 2.27. The van der Waals surface area contributed by atoms with Gasteiger partial charge in [0.2, 0.25) is 0 Å². The van der Waals surface area contributed by atoms with Crippen molar-refractivity contribution in [3.8, 4) is 0 Å². The molecule has 0 fully saturated rings. The maximum atomic E-state index is 11.8. The van der Waals surface area contributed by atoms with Crippen LogP contribution >= 0.6 is 0 Å². The van der Waals surface area contributed by atoms with Gasteiger partial charge in [-0.3, -0.25) is 9.59 Å². The Morgan fingerprint density at radius 3 is 1.70 bits per heavy atom. The van der Waals surface area contributed by atoms with E-state index in [1.807, 2.05) is 52.0 Å². The minimum absolute atomic E-state index is 0.146. The molecular weight excluding hydrogens is 420 g/mol. The van der Waals surface area contributed by atoms with Gasteiger partial charge in [0.05, 0.1) is 17.4 Å². The number of hydrogen-bond acceptors (Lipinski definition) is 5. The van der Waals surface area contributed by atoms with Crippen LogP contribution in [0.5, 0.6) is 0 Å². The molecule has 6 nitrogen and oxygen atoms in total. The third kappa shape index (κ3) is 14.0. The Kier molecular flexibility index (Phi) is 15.5. The van der Waals surface area contributed by atoms with Crippen molar-refractivity contribution < 1.29 is 29.0 Å². The Balaban J connectivity index is 0. The standard InChI is InChI=1S/C15H20O2.C6H12O2.C6H10O2/c1-5-12-7-9-13(10-8-12)11-17-14(16)15(3,4)6-2;1-4-6(2,3)5(7)8;1-4-8-6(7)5(2)3/h5,7-10H,1,6,11H2,2-4H3;4H2,1-3H3,(H,7,8);2,4H2,1,3H3. The van der Waals surface area contributed by atoms with Crippen LogP contribution in [0.1, 0.15) is 79.4 Å². The first-order valence-electron chi connectivity index (χ1n) is 11.1. The van der Waals surface area contributed by atoms with E-state index in [4.69, 9.17) is 9.84 Å². The maximum Gasteiger partial charge on any atom is 0.333 e. The molecular formula is C27H42O6. The lowest BCUT2D eigenvalue weighted by molar-refractivity contribution is -0.155. The minimum Gasteiger partial charge on any atom is -0.481 e. The van der Waals surface area contributed by atoms with Crippen molar-refractivity contribution in [2.24, 2.45) is 10.8 Å². The Labute approximate surface area is 199 Å². The number of benzene rings is 1. The van der Waals surface area contributed by atoms with Crippen molar-refractivity contribution in [3.63, 3.8) is 0 Å². The van der Waals surface area contributed by atoms with Crippen LogP contribution in [-0.4, -0.2) is 29.6 Å². The van der Waals surface area contributed by atoms with Gasteiger partial charge < -0.3 is 14.6 Å². The summed E-state index contributed by atoms with van der Waals surface area (Å²) in [5, 5.41) is 8.44. The molecule has 6 heteroatoms. The molecule has 0 bridgehead atoms. The van der Waals surface area contributed by atoms with E-state index in [0.717, 1.165) is 17.5 Å². The Hall–Kier alpha value is -2.89. The SMILES string of the molecule is C=C(C)C(=O)OCC.C=Cc1ccc(COC(=O)C(C)(C)CC)cc1.CCC(C)(C)C(=O)O. The number of esters is 2. The molecule has 0 aromatic heterocycles. The minimum atomic E-state index is -0.722. The summed E-state index contributed by atoms with van der Waals surface area (Å²) in [5.41, 5.74) is 1.57. The molecule has 0 heterocycles. The molecule has 0 saturated carbocycles. The largest absolute Gasteiger partial charge is 0.481 e. The van der Waals surface area contributed by atoms with Crippen molar-refractivity contribution in [2.45, 2.75) is 74.8 Å². The molecule has 1 aromatic rings. The third-order valence-electron chi connectivity index (χ3n) is 5.11. The average Bonchev–Trinajstić information content (AvgIpc) is 2.78. The van der Waals surface area contributed by atoms with E-state index in [1.54, 1.807) is 33.8 Å². The molecule has 0 aliphatic rings. The van der Waals surface area contributed by atoms with E-state index < -0.39 is 16.8 Å². The molecule has 1 N–H and O–H groups in total. The van der Waals surface area contributed by atoms with E-state index in [2.05, 4.69) is 17.9 Å². The van der Waals surface area contributed by atoms with Crippen LogP contribution < -0.4 is 0 Å². The van der Waals surface area contributed by atoms with Crippen molar-refractivity contribution in [3.05, 3.63) is 54.1 Å². The van der Waals surface area contributed by atoms with Crippen LogP contribution in [0.25, 0.3) is 6.08 Å². The fraction of sp³-hybridized carbons (Fsp3) is 0.519. The molecule has 0 unspecified atom stereocenters. The zero-order valence-corrected chi connectivity index (χ0v) is 21.6. The van der Waals surface area contributed by atoms with Crippen LogP contribution in [0, 0.1) is 10.8 Å². The Morgan fingerprint density at radius 2 is 1.42 bits per heavy atom. The van der Waals surface area contributed by atoms with Crippen LogP contribution in [0.15, 0.2) is 43.0 Å².